The summed E-state index contributed by atoms with van der Waals surface area (Å²) in [6.07, 6.45) is 2.19. The molecule has 0 aromatic heterocycles. The van der Waals surface area contributed by atoms with E-state index in [0.717, 1.165) is 17.4 Å². The molecule has 2 unspecified atom stereocenters. The standard InChI is InChI=1S/C22H26O/c1-14-10-21-20(16(3)15(2)12-22(21,4)5)11-19(14)18-9-7-6-8-17(18)13-23/h6-11,13,15-16H,12H2,1-5H3. The van der Waals surface area contributed by atoms with Gasteiger partial charge in [-0.1, -0.05) is 64.1 Å². The number of hydrogen-bond donors (Lipinski definition) is 0. The van der Waals surface area contributed by atoms with E-state index >= 15 is 0 Å². The molecule has 0 radical (unpaired) electrons. The molecule has 23 heavy (non-hydrogen) atoms. The molecule has 0 amide bonds. The number of rotatable bonds is 2. The zero-order valence-electron chi connectivity index (χ0n) is 14.8. The summed E-state index contributed by atoms with van der Waals surface area (Å²) >= 11 is 0. The molecule has 0 spiro atoms. The quantitative estimate of drug-likeness (QED) is 0.632. The molecule has 0 saturated carbocycles. The number of aldehydes is 1. The molecular weight excluding hydrogens is 280 g/mol. The van der Waals surface area contributed by atoms with Crippen molar-refractivity contribution in [3.8, 4) is 11.1 Å². The third-order valence-electron chi connectivity index (χ3n) is 5.68. The minimum Gasteiger partial charge on any atom is -0.298 e. The third-order valence-corrected chi connectivity index (χ3v) is 5.68. The lowest BCUT2D eigenvalue weighted by Gasteiger charge is -2.41. The maximum atomic E-state index is 11.4. The van der Waals surface area contributed by atoms with Gasteiger partial charge < -0.3 is 0 Å². The average molecular weight is 306 g/mol. The topological polar surface area (TPSA) is 17.1 Å². The van der Waals surface area contributed by atoms with Crippen LogP contribution in [-0.2, 0) is 5.41 Å². The molecule has 2 aromatic rings. The summed E-state index contributed by atoms with van der Waals surface area (Å²) < 4.78 is 0. The molecule has 1 aliphatic carbocycles. The van der Waals surface area contributed by atoms with Crippen molar-refractivity contribution < 1.29 is 4.79 Å². The Labute approximate surface area is 139 Å². The molecule has 1 nitrogen and oxygen atoms in total. The van der Waals surface area contributed by atoms with E-state index in [4.69, 9.17) is 0 Å². The summed E-state index contributed by atoms with van der Waals surface area (Å²) in [7, 11) is 0. The lowest BCUT2D eigenvalue weighted by Crippen LogP contribution is -2.30. The highest BCUT2D eigenvalue weighted by atomic mass is 16.1. The SMILES string of the molecule is Cc1cc2c(cc1-c1ccccc1C=O)C(C)C(C)CC2(C)C. The van der Waals surface area contributed by atoms with Crippen LogP contribution in [0.1, 0.15) is 67.1 Å². The van der Waals surface area contributed by atoms with Crippen molar-refractivity contribution in [1.29, 1.82) is 0 Å². The summed E-state index contributed by atoms with van der Waals surface area (Å²) in [5.74, 6) is 1.23. The van der Waals surface area contributed by atoms with Gasteiger partial charge >= 0.3 is 0 Å². The molecule has 0 heterocycles. The van der Waals surface area contributed by atoms with Gasteiger partial charge in [0.15, 0.2) is 6.29 Å². The number of hydrogen-bond acceptors (Lipinski definition) is 1. The van der Waals surface area contributed by atoms with Crippen LogP contribution in [0.25, 0.3) is 11.1 Å². The Bertz CT molecular complexity index is 755. The zero-order valence-corrected chi connectivity index (χ0v) is 14.8. The van der Waals surface area contributed by atoms with E-state index in [1.165, 1.54) is 28.7 Å². The zero-order chi connectivity index (χ0) is 16.8. The van der Waals surface area contributed by atoms with E-state index in [0.29, 0.717) is 11.8 Å². The van der Waals surface area contributed by atoms with E-state index in [1.807, 2.05) is 18.2 Å². The molecule has 0 bridgehead atoms. The molecule has 1 aliphatic rings. The smallest absolute Gasteiger partial charge is 0.150 e. The minimum atomic E-state index is 0.217. The summed E-state index contributed by atoms with van der Waals surface area (Å²) in [6.45, 7) is 11.6. The molecule has 2 aromatic carbocycles. The summed E-state index contributed by atoms with van der Waals surface area (Å²) in [5.41, 5.74) is 7.42. The highest BCUT2D eigenvalue weighted by Gasteiger charge is 2.35. The average Bonchev–Trinajstić information content (AvgIpc) is 2.52. The van der Waals surface area contributed by atoms with E-state index in [-0.39, 0.29) is 5.41 Å². The van der Waals surface area contributed by atoms with Crippen LogP contribution in [0, 0.1) is 12.8 Å². The minimum absolute atomic E-state index is 0.217. The molecule has 1 heteroatoms. The van der Waals surface area contributed by atoms with Crippen molar-refractivity contribution >= 4 is 6.29 Å². The Morgan fingerprint density at radius 3 is 2.48 bits per heavy atom. The van der Waals surface area contributed by atoms with Gasteiger partial charge in [-0.2, -0.15) is 0 Å². The van der Waals surface area contributed by atoms with Gasteiger partial charge in [-0.05, 0) is 58.4 Å². The van der Waals surface area contributed by atoms with Crippen LogP contribution in [0.15, 0.2) is 36.4 Å². The van der Waals surface area contributed by atoms with Gasteiger partial charge in [-0.25, -0.2) is 0 Å². The monoisotopic (exact) mass is 306 g/mol. The Morgan fingerprint density at radius 1 is 1.09 bits per heavy atom. The molecule has 0 N–H and O–H groups in total. The lowest BCUT2D eigenvalue weighted by molar-refractivity contribution is 0.112. The number of benzene rings is 2. The molecule has 0 aliphatic heterocycles. The first kappa shape index (κ1) is 16.0. The maximum absolute atomic E-state index is 11.4. The van der Waals surface area contributed by atoms with Gasteiger partial charge in [-0.15, -0.1) is 0 Å². The second-order valence-electron chi connectivity index (χ2n) is 7.81. The van der Waals surface area contributed by atoms with E-state index in [1.54, 1.807) is 0 Å². The summed E-state index contributed by atoms with van der Waals surface area (Å²) in [5, 5.41) is 0. The Morgan fingerprint density at radius 2 is 1.78 bits per heavy atom. The van der Waals surface area contributed by atoms with E-state index < -0.39 is 0 Å². The Kier molecular flexibility index (Phi) is 3.91. The number of carbonyl (C=O) groups excluding carboxylic acids is 1. The van der Waals surface area contributed by atoms with Crippen molar-refractivity contribution in [1.82, 2.24) is 0 Å². The van der Waals surface area contributed by atoms with Crippen LogP contribution >= 0.6 is 0 Å². The molecule has 0 saturated heterocycles. The number of carbonyl (C=O) groups is 1. The predicted molar refractivity (Wildman–Crippen MR) is 97.2 cm³/mol. The third kappa shape index (κ3) is 2.63. The first-order valence-electron chi connectivity index (χ1n) is 8.54. The largest absolute Gasteiger partial charge is 0.298 e. The first-order valence-corrected chi connectivity index (χ1v) is 8.54. The number of aryl methyl sites for hydroxylation is 1. The van der Waals surface area contributed by atoms with Gasteiger partial charge in [0.25, 0.3) is 0 Å². The van der Waals surface area contributed by atoms with Crippen LogP contribution in [0.2, 0.25) is 0 Å². The highest BCUT2D eigenvalue weighted by Crippen LogP contribution is 2.47. The maximum Gasteiger partial charge on any atom is 0.150 e. The molecule has 0 fully saturated rings. The van der Waals surface area contributed by atoms with E-state index in [2.05, 4.69) is 52.8 Å². The molecule has 2 atom stereocenters. The number of fused-ring (bicyclic) bond motifs is 1. The summed E-state index contributed by atoms with van der Waals surface area (Å²) in [6, 6.07) is 12.6. The van der Waals surface area contributed by atoms with Gasteiger partial charge in [0, 0.05) is 5.56 Å². The Hall–Kier alpha value is -1.89. The van der Waals surface area contributed by atoms with E-state index in [9.17, 15) is 4.79 Å². The predicted octanol–water partition coefficient (Wildman–Crippen LogP) is 5.90. The van der Waals surface area contributed by atoms with Crippen LogP contribution < -0.4 is 0 Å². The van der Waals surface area contributed by atoms with Crippen LogP contribution in [0.3, 0.4) is 0 Å². The normalized spacial score (nSPS) is 22.5. The fraction of sp³-hybridized carbons (Fsp3) is 0.409. The molecule has 3 rings (SSSR count). The Balaban J connectivity index is 2.25. The first-order chi connectivity index (χ1) is 10.8. The second-order valence-corrected chi connectivity index (χ2v) is 7.81. The van der Waals surface area contributed by atoms with Crippen molar-refractivity contribution in [3.05, 3.63) is 58.7 Å². The lowest BCUT2D eigenvalue weighted by atomic mass is 9.64. The molecule has 120 valence electrons. The van der Waals surface area contributed by atoms with Crippen molar-refractivity contribution in [3.63, 3.8) is 0 Å². The van der Waals surface area contributed by atoms with Gasteiger partial charge in [0.05, 0.1) is 0 Å². The van der Waals surface area contributed by atoms with Gasteiger partial charge in [0.1, 0.15) is 0 Å². The van der Waals surface area contributed by atoms with Crippen molar-refractivity contribution in [2.24, 2.45) is 5.92 Å². The van der Waals surface area contributed by atoms with Crippen LogP contribution in [0.4, 0.5) is 0 Å². The second kappa shape index (κ2) is 5.63. The van der Waals surface area contributed by atoms with Gasteiger partial charge in [-0.3, -0.25) is 4.79 Å². The van der Waals surface area contributed by atoms with Crippen LogP contribution in [0.5, 0.6) is 0 Å². The summed E-state index contributed by atoms with van der Waals surface area (Å²) in [4.78, 5) is 11.4. The fourth-order valence-electron chi connectivity index (χ4n) is 4.22. The fourth-order valence-corrected chi connectivity index (χ4v) is 4.22. The van der Waals surface area contributed by atoms with Crippen molar-refractivity contribution in [2.75, 3.05) is 0 Å². The highest BCUT2D eigenvalue weighted by molar-refractivity contribution is 5.88. The van der Waals surface area contributed by atoms with Gasteiger partial charge in [0.2, 0.25) is 0 Å². The molecular formula is C22H26O. The van der Waals surface area contributed by atoms with Crippen molar-refractivity contribution in [2.45, 2.75) is 52.4 Å². The van der Waals surface area contributed by atoms with Crippen LogP contribution in [-0.4, -0.2) is 6.29 Å².